The smallest absolute Gasteiger partial charge is 0.326 e. The summed E-state index contributed by atoms with van der Waals surface area (Å²) < 4.78 is 0. The minimum atomic E-state index is -1.13. The Bertz CT molecular complexity index is 615. The first kappa shape index (κ1) is 14.0. The van der Waals surface area contributed by atoms with Crippen molar-refractivity contribution in [3.05, 3.63) is 47.3 Å². The van der Waals surface area contributed by atoms with Gasteiger partial charge in [0, 0.05) is 30.1 Å². The lowest BCUT2D eigenvalue weighted by molar-refractivity contribution is -0.139. The Kier molecular flexibility index (Phi) is 4.31. The number of aliphatic carboxylic acids is 1. The molecule has 0 aliphatic rings. The number of hydrogen-bond donors (Lipinski definition) is 3. The summed E-state index contributed by atoms with van der Waals surface area (Å²) in [6.45, 7) is 0. The lowest BCUT2D eigenvalue weighted by atomic mass is 10.1. The summed E-state index contributed by atoms with van der Waals surface area (Å²) in [5.74, 6) is -1.66. The van der Waals surface area contributed by atoms with Gasteiger partial charge in [0.2, 0.25) is 0 Å². The van der Waals surface area contributed by atoms with Crippen molar-refractivity contribution >= 4 is 23.5 Å². The summed E-state index contributed by atoms with van der Waals surface area (Å²) in [5.41, 5.74) is 0.867. The van der Waals surface area contributed by atoms with E-state index < -0.39 is 17.9 Å². The van der Waals surface area contributed by atoms with Gasteiger partial charge in [-0.15, -0.1) is 0 Å². The Hall–Kier alpha value is -2.41. The molecule has 104 valence electrons. The fourth-order valence-electron chi connectivity index (χ4n) is 1.60. The molecular formula is C12H11ClN4O3. The lowest BCUT2D eigenvalue weighted by Gasteiger charge is -2.13. The third-order valence-electron chi connectivity index (χ3n) is 2.57. The Morgan fingerprint density at radius 3 is 2.90 bits per heavy atom. The fourth-order valence-corrected chi connectivity index (χ4v) is 1.78. The normalized spacial score (nSPS) is 11.8. The van der Waals surface area contributed by atoms with Gasteiger partial charge in [0.15, 0.2) is 0 Å². The number of nitrogens with zero attached hydrogens (tertiary/aromatic N) is 2. The van der Waals surface area contributed by atoms with Gasteiger partial charge in [0.05, 0.1) is 6.33 Å². The van der Waals surface area contributed by atoms with Gasteiger partial charge in [-0.25, -0.2) is 14.8 Å². The number of halogens is 1. The number of carbonyl (C=O) groups excluding carboxylic acids is 1. The van der Waals surface area contributed by atoms with Crippen LogP contribution in [0.2, 0.25) is 5.15 Å². The average molecular weight is 295 g/mol. The Morgan fingerprint density at radius 2 is 2.30 bits per heavy atom. The maximum atomic E-state index is 12.0. The second kappa shape index (κ2) is 6.16. The Morgan fingerprint density at radius 1 is 1.50 bits per heavy atom. The number of aromatic amines is 1. The third kappa shape index (κ3) is 3.55. The number of hydrogen-bond acceptors (Lipinski definition) is 4. The molecule has 7 nitrogen and oxygen atoms in total. The minimum absolute atomic E-state index is 0.111. The zero-order valence-corrected chi connectivity index (χ0v) is 11.0. The van der Waals surface area contributed by atoms with E-state index in [1.165, 1.54) is 30.9 Å². The zero-order chi connectivity index (χ0) is 14.5. The van der Waals surface area contributed by atoms with Crippen molar-refractivity contribution in [3.63, 3.8) is 0 Å². The third-order valence-corrected chi connectivity index (χ3v) is 2.78. The van der Waals surface area contributed by atoms with Crippen LogP contribution in [0.4, 0.5) is 0 Å². The van der Waals surface area contributed by atoms with Crippen molar-refractivity contribution in [2.75, 3.05) is 0 Å². The molecule has 0 aliphatic carbocycles. The molecule has 1 atom stereocenters. The molecule has 2 rings (SSSR count). The monoisotopic (exact) mass is 294 g/mol. The SMILES string of the molecule is O=C(N[C@H](Cc1cnc[nH]1)C(=O)O)c1ccnc(Cl)c1. The summed E-state index contributed by atoms with van der Waals surface area (Å²) in [4.78, 5) is 33.5. The van der Waals surface area contributed by atoms with Gasteiger partial charge in [-0.1, -0.05) is 11.6 Å². The number of nitrogens with one attached hydrogen (secondary N) is 2. The lowest BCUT2D eigenvalue weighted by Crippen LogP contribution is -2.42. The van der Waals surface area contributed by atoms with E-state index in [0.717, 1.165) is 0 Å². The number of carboxylic acids is 1. The van der Waals surface area contributed by atoms with Gasteiger partial charge in [-0.2, -0.15) is 0 Å². The number of carboxylic acid groups (broad SMARTS) is 1. The number of pyridine rings is 1. The molecule has 0 aliphatic heterocycles. The molecule has 0 bridgehead atoms. The molecule has 20 heavy (non-hydrogen) atoms. The molecule has 0 saturated heterocycles. The van der Waals surface area contributed by atoms with E-state index >= 15 is 0 Å². The van der Waals surface area contributed by atoms with Gasteiger partial charge in [-0.3, -0.25) is 4.79 Å². The molecule has 1 amide bonds. The summed E-state index contributed by atoms with van der Waals surface area (Å²) in [6.07, 6.45) is 4.44. The highest BCUT2D eigenvalue weighted by Crippen LogP contribution is 2.08. The van der Waals surface area contributed by atoms with Gasteiger partial charge in [0.1, 0.15) is 11.2 Å². The topological polar surface area (TPSA) is 108 Å². The molecule has 0 radical (unpaired) electrons. The molecule has 8 heteroatoms. The summed E-state index contributed by atoms with van der Waals surface area (Å²) >= 11 is 5.68. The molecule has 2 aromatic heterocycles. The van der Waals surface area contributed by atoms with Crippen LogP contribution in [-0.4, -0.2) is 38.0 Å². The van der Waals surface area contributed by atoms with Crippen molar-refractivity contribution in [2.24, 2.45) is 0 Å². The van der Waals surface area contributed by atoms with E-state index in [2.05, 4.69) is 20.3 Å². The van der Waals surface area contributed by atoms with E-state index in [1.54, 1.807) is 0 Å². The highest BCUT2D eigenvalue weighted by molar-refractivity contribution is 6.29. The Balaban J connectivity index is 2.08. The van der Waals surface area contributed by atoms with Crippen molar-refractivity contribution in [2.45, 2.75) is 12.5 Å². The van der Waals surface area contributed by atoms with E-state index in [4.69, 9.17) is 16.7 Å². The quantitative estimate of drug-likeness (QED) is 0.710. The molecule has 0 fully saturated rings. The highest BCUT2D eigenvalue weighted by Gasteiger charge is 2.21. The molecule has 2 heterocycles. The van der Waals surface area contributed by atoms with Gasteiger partial charge >= 0.3 is 5.97 Å². The second-order valence-corrected chi connectivity index (χ2v) is 4.40. The molecule has 3 N–H and O–H groups in total. The second-order valence-electron chi connectivity index (χ2n) is 4.01. The van der Waals surface area contributed by atoms with E-state index in [0.29, 0.717) is 5.69 Å². The van der Waals surface area contributed by atoms with E-state index in [-0.39, 0.29) is 17.1 Å². The van der Waals surface area contributed by atoms with Crippen LogP contribution in [-0.2, 0) is 11.2 Å². The number of imidazole rings is 1. The van der Waals surface area contributed by atoms with Crippen molar-refractivity contribution in [1.82, 2.24) is 20.3 Å². The van der Waals surface area contributed by atoms with Crippen LogP contribution in [0.3, 0.4) is 0 Å². The Labute approximate surface area is 119 Å². The molecule has 0 aromatic carbocycles. The molecular weight excluding hydrogens is 284 g/mol. The first-order valence-electron chi connectivity index (χ1n) is 5.68. The number of H-pyrrole nitrogens is 1. The summed E-state index contributed by atoms with van der Waals surface area (Å²) in [5, 5.41) is 11.7. The first-order valence-corrected chi connectivity index (χ1v) is 6.06. The summed E-state index contributed by atoms with van der Waals surface area (Å²) in [7, 11) is 0. The van der Waals surface area contributed by atoms with Crippen LogP contribution >= 0.6 is 11.6 Å². The van der Waals surface area contributed by atoms with Crippen molar-refractivity contribution in [3.8, 4) is 0 Å². The molecule has 0 spiro atoms. The first-order chi connectivity index (χ1) is 9.56. The zero-order valence-electron chi connectivity index (χ0n) is 10.2. The largest absolute Gasteiger partial charge is 0.480 e. The van der Waals surface area contributed by atoms with Crippen LogP contribution in [0.1, 0.15) is 16.1 Å². The number of aromatic nitrogens is 3. The van der Waals surface area contributed by atoms with Crippen LogP contribution in [0.25, 0.3) is 0 Å². The van der Waals surface area contributed by atoms with Crippen molar-refractivity contribution < 1.29 is 14.7 Å². The van der Waals surface area contributed by atoms with Gasteiger partial charge < -0.3 is 15.4 Å². The van der Waals surface area contributed by atoms with Crippen LogP contribution < -0.4 is 5.32 Å². The fraction of sp³-hybridized carbons (Fsp3) is 0.167. The predicted octanol–water partition coefficient (Wildman–Crippen LogP) is 0.884. The van der Waals surface area contributed by atoms with Crippen LogP contribution in [0.5, 0.6) is 0 Å². The maximum Gasteiger partial charge on any atom is 0.326 e. The van der Waals surface area contributed by atoms with E-state index in [1.807, 2.05) is 0 Å². The standard InChI is InChI=1S/C12H11ClN4O3/c13-10-3-7(1-2-15-10)11(18)17-9(12(19)20)4-8-5-14-6-16-8/h1-3,5-6,9H,4H2,(H,14,16)(H,17,18)(H,19,20)/t9-/m1/s1. The number of carbonyl (C=O) groups is 2. The van der Waals surface area contributed by atoms with Crippen LogP contribution in [0, 0.1) is 0 Å². The maximum absolute atomic E-state index is 12.0. The predicted molar refractivity (Wildman–Crippen MR) is 70.4 cm³/mol. The van der Waals surface area contributed by atoms with Gasteiger partial charge in [-0.05, 0) is 12.1 Å². The van der Waals surface area contributed by atoms with Crippen LogP contribution in [0.15, 0.2) is 30.9 Å². The molecule has 0 saturated carbocycles. The number of rotatable bonds is 5. The van der Waals surface area contributed by atoms with E-state index in [9.17, 15) is 9.59 Å². The van der Waals surface area contributed by atoms with Crippen molar-refractivity contribution in [1.29, 1.82) is 0 Å². The number of amides is 1. The van der Waals surface area contributed by atoms with Gasteiger partial charge in [0.25, 0.3) is 5.91 Å². The highest BCUT2D eigenvalue weighted by atomic mass is 35.5. The molecule has 2 aromatic rings. The summed E-state index contributed by atoms with van der Waals surface area (Å²) in [6, 6.07) is 1.76. The average Bonchev–Trinajstić information content (AvgIpc) is 2.90. The minimum Gasteiger partial charge on any atom is -0.480 e. The molecule has 0 unspecified atom stereocenters.